The summed E-state index contributed by atoms with van der Waals surface area (Å²) in [7, 11) is 0. The van der Waals surface area contributed by atoms with Gasteiger partial charge in [-0.15, -0.1) is 0 Å². The number of cyclic esters (lactones) is 1. The summed E-state index contributed by atoms with van der Waals surface area (Å²) in [5, 5.41) is 12.8. The van der Waals surface area contributed by atoms with E-state index in [4.69, 9.17) is 4.74 Å². The SMILES string of the molecule is C[C@H]1OC(=O)C2CC3CC/C(=N\O)CC3[C@H](/C=C/c3ccc(-c4cccc(C(F)(F)F)c4)cn3)C21. The van der Waals surface area contributed by atoms with Gasteiger partial charge in [0.25, 0.3) is 0 Å². The molecule has 3 fully saturated rings. The number of hydrogen-bond donors (Lipinski definition) is 1. The molecule has 3 aliphatic rings. The standard InChI is InChI=1S/C27H27F3N2O3/c1-15-25-22(23-13-21(32-34)8-5-17(23)12-24(25)26(33)35-15)10-9-20-7-6-18(14-31-20)16-3-2-4-19(11-16)27(28,29)30/h2-4,6-7,9-11,14-15,17,22-25,34H,5,8,12-13H2,1H3/b10-9+,32-21+/t15-,17?,22+,23?,24?,25?/m1/s1. The number of ether oxygens (including phenoxy) is 1. The first kappa shape index (κ1) is 23.6. The molecule has 0 amide bonds. The number of oxime groups is 1. The van der Waals surface area contributed by atoms with Crippen LogP contribution in [0.15, 0.2) is 53.8 Å². The molecule has 1 aromatic carbocycles. The Morgan fingerprint density at radius 3 is 2.74 bits per heavy atom. The molecule has 1 aliphatic heterocycles. The Labute approximate surface area is 201 Å². The van der Waals surface area contributed by atoms with E-state index in [0.717, 1.165) is 37.1 Å². The zero-order valence-corrected chi connectivity index (χ0v) is 19.3. The van der Waals surface area contributed by atoms with Crippen LogP contribution in [-0.2, 0) is 15.7 Å². The molecule has 5 rings (SSSR count). The first-order valence-corrected chi connectivity index (χ1v) is 12.0. The monoisotopic (exact) mass is 484 g/mol. The lowest BCUT2D eigenvalue weighted by Gasteiger charge is -2.45. The maximum atomic E-state index is 13.1. The van der Waals surface area contributed by atoms with Crippen molar-refractivity contribution in [2.45, 2.75) is 44.9 Å². The van der Waals surface area contributed by atoms with Crippen LogP contribution in [0.5, 0.6) is 0 Å². The average molecular weight is 485 g/mol. The van der Waals surface area contributed by atoms with Crippen LogP contribution in [0, 0.1) is 29.6 Å². The number of carbonyl (C=O) groups excluding carboxylic acids is 1. The molecule has 0 radical (unpaired) electrons. The van der Waals surface area contributed by atoms with Crippen molar-refractivity contribution in [1.82, 2.24) is 4.98 Å². The molecule has 1 saturated heterocycles. The molecule has 2 aromatic rings. The summed E-state index contributed by atoms with van der Waals surface area (Å²) >= 11 is 0. The van der Waals surface area contributed by atoms with E-state index in [0.29, 0.717) is 29.2 Å². The topological polar surface area (TPSA) is 71.8 Å². The number of esters is 1. The Balaban J connectivity index is 1.40. The summed E-state index contributed by atoms with van der Waals surface area (Å²) in [5.74, 6) is 0.512. The fourth-order valence-corrected chi connectivity index (χ4v) is 6.25. The van der Waals surface area contributed by atoms with Gasteiger partial charge in [-0.25, -0.2) is 0 Å². The van der Waals surface area contributed by atoms with Crippen LogP contribution in [0.3, 0.4) is 0 Å². The van der Waals surface area contributed by atoms with Gasteiger partial charge >= 0.3 is 12.1 Å². The number of fused-ring (bicyclic) bond motifs is 2. The third-order valence-electron chi connectivity index (χ3n) is 7.93. The summed E-state index contributed by atoms with van der Waals surface area (Å²) in [4.78, 5) is 17.0. The lowest BCUT2D eigenvalue weighted by molar-refractivity contribution is -0.144. The molecule has 2 aliphatic carbocycles. The summed E-state index contributed by atoms with van der Waals surface area (Å²) in [5.41, 5.74) is 1.84. The molecule has 8 heteroatoms. The number of rotatable bonds is 3. The molecule has 35 heavy (non-hydrogen) atoms. The molecular weight excluding hydrogens is 457 g/mol. The van der Waals surface area contributed by atoms with Crippen LogP contribution in [0.2, 0.25) is 0 Å². The van der Waals surface area contributed by atoms with Gasteiger partial charge in [-0.05, 0) is 80.2 Å². The van der Waals surface area contributed by atoms with E-state index >= 15 is 0 Å². The second kappa shape index (κ2) is 9.13. The molecule has 4 unspecified atom stereocenters. The molecule has 184 valence electrons. The van der Waals surface area contributed by atoms with Gasteiger partial charge < -0.3 is 9.94 Å². The Hall–Kier alpha value is -3.16. The van der Waals surface area contributed by atoms with E-state index in [1.54, 1.807) is 24.4 Å². The van der Waals surface area contributed by atoms with Crippen molar-refractivity contribution in [2.75, 3.05) is 0 Å². The number of alkyl halides is 3. The number of allylic oxidation sites excluding steroid dienone is 1. The van der Waals surface area contributed by atoms with Gasteiger partial charge in [-0.1, -0.05) is 29.4 Å². The molecule has 2 heterocycles. The van der Waals surface area contributed by atoms with E-state index in [9.17, 15) is 23.2 Å². The molecule has 2 saturated carbocycles. The minimum absolute atomic E-state index is 0.0578. The van der Waals surface area contributed by atoms with Crippen molar-refractivity contribution >= 4 is 17.8 Å². The van der Waals surface area contributed by atoms with Crippen molar-refractivity contribution in [3.05, 3.63) is 59.9 Å². The number of benzene rings is 1. The maximum absolute atomic E-state index is 13.1. The fraction of sp³-hybridized carbons (Fsp3) is 0.444. The largest absolute Gasteiger partial charge is 0.462 e. The fourth-order valence-electron chi connectivity index (χ4n) is 6.25. The van der Waals surface area contributed by atoms with Gasteiger partial charge in [0.05, 0.1) is 22.9 Å². The molecule has 0 bridgehead atoms. The van der Waals surface area contributed by atoms with Gasteiger partial charge in [0.1, 0.15) is 6.10 Å². The summed E-state index contributed by atoms with van der Waals surface area (Å²) in [6.07, 6.45) is 4.15. The van der Waals surface area contributed by atoms with Crippen molar-refractivity contribution < 1.29 is 27.9 Å². The Kier molecular flexibility index (Phi) is 6.15. The van der Waals surface area contributed by atoms with E-state index in [-0.39, 0.29) is 35.7 Å². The third-order valence-corrected chi connectivity index (χ3v) is 7.93. The number of pyridine rings is 1. The second-order valence-corrected chi connectivity index (χ2v) is 9.88. The van der Waals surface area contributed by atoms with E-state index < -0.39 is 11.7 Å². The Morgan fingerprint density at radius 1 is 1.20 bits per heavy atom. The van der Waals surface area contributed by atoms with Crippen LogP contribution in [-0.4, -0.2) is 28.0 Å². The highest BCUT2D eigenvalue weighted by Gasteiger charge is 2.54. The minimum atomic E-state index is -4.40. The van der Waals surface area contributed by atoms with Gasteiger partial charge in [0, 0.05) is 17.7 Å². The van der Waals surface area contributed by atoms with Crippen LogP contribution in [0.4, 0.5) is 13.2 Å². The van der Waals surface area contributed by atoms with Gasteiger partial charge in [0.15, 0.2) is 0 Å². The maximum Gasteiger partial charge on any atom is 0.416 e. The summed E-state index contributed by atoms with van der Waals surface area (Å²) in [6.45, 7) is 1.94. The van der Waals surface area contributed by atoms with Crippen molar-refractivity contribution in [2.24, 2.45) is 34.7 Å². The Bertz CT molecular complexity index is 1160. The summed E-state index contributed by atoms with van der Waals surface area (Å²) in [6, 6.07) is 8.74. The molecule has 5 nitrogen and oxygen atoms in total. The number of aromatic nitrogens is 1. The number of halogens is 3. The minimum Gasteiger partial charge on any atom is -0.462 e. The Morgan fingerprint density at radius 2 is 2.03 bits per heavy atom. The zero-order valence-electron chi connectivity index (χ0n) is 19.3. The summed E-state index contributed by atoms with van der Waals surface area (Å²) < 4.78 is 44.8. The van der Waals surface area contributed by atoms with Crippen LogP contribution < -0.4 is 0 Å². The van der Waals surface area contributed by atoms with Crippen LogP contribution >= 0.6 is 0 Å². The van der Waals surface area contributed by atoms with E-state index in [2.05, 4.69) is 16.2 Å². The molecule has 0 spiro atoms. The van der Waals surface area contributed by atoms with Crippen molar-refractivity contribution in [3.63, 3.8) is 0 Å². The highest BCUT2D eigenvalue weighted by Crippen LogP contribution is 2.53. The quantitative estimate of drug-likeness (QED) is 0.319. The highest BCUT2D eigenvalue weighted by molar-refractivity contribution is 5.85. The van der Waals surface area contributed by atoms with Crippen LogP contribution in [0.1, 0.15) is 43.9 Å². The van der Waals surface area contributed by atoms with E-state index in [1.807, 2.05) is 13.0 Å². The number of nitrogens with zero attached hydrogens (tertiary/aromatic N) is 2. The predicted molar refractivity (Wildman–Crippen MR) is 124 cm³/mol. The molecule has 1 aromatic heterocycles. The molecule has 6 atom stereocenters. The first-order chi connectivity index (χ1) is 16.7. The molecule has 1 N–H and O–H groups in total. The third kappa shape index (κ3) is 4.58. The van der Waals surface area contributed by atoms with Gasteiger partial charge in [-0.3, -0.25) is 9.78 Å². The average Bonchev–Trinajstić information content (AvgIpc) is 3.14. The van der Waals surface area contributed by atoms with Gasteiger partial charge in [-0.2, -0.15) is 13.2 Å². The normalized spacial score (nSPS) is 31.9. The predicted octanol–water partition coefficient (Wildman–Crippen LogP) is 6.22. The zero-order chi connectivity index (χ0) is 24.7. The van der Waals surface area contributed by atoms with E-state index in [1.165, 1.54) is 6.07 Å². The first-order valence-electron chi connectivity index (χ1n) is 12.0. The van der Waals surface area contributed by atoms with Gasteiger partial charge in [0.2, 0.25) is 0 Å². The highest BCUT2D eigenvalue weighted by atomic mass is 19.4. The number of carbonyl (C=O) groups is 1. The molecular formula is C27H27F3N2O3. The van der Waals surface area contributed by atoms with Crippen LogP contribution in [0.25, 0.3) is 17.2 Å². The number of hydrogen-bond acceptors (Lipinski definition) is 5. The smallest absolute Gasteiger partial charge is 0.416 e. The second-order valence-electron chi connectivity index (χ2n) is 9.88. The van der Waals surface area contributed by atoms with Crippen molar-refractivity contribution in [1.29, 1.82) is 0 Å². The lowest BCUT2D eigenvalue weighted by Crippen LogP contribution is -2.44. The van der Waals surface area contributed by atoms with Crippen molar-refractivity contribution in [3.8, 4) is 11.1 Å². The lowest BCUT2D eigenvalue weighted by atomic mass is 9.57.